The van der Waals surface area contributed by atoms with Crippen LogP contribution in [0.5, 0.6) is 0 Å². The van der Waals surface area contributed by atoms with Gasteiger partial charge in [-0.25, -0.2) is 18.7 Å². The quantitative estimate of drug-likeness (QED) is 0.127. The average molecular weight is 989 g/mol. The summed E-state index contributed by atoms with van der Waals surface area (Å²) in [6, 6.07) is 34.6. The summed E-state index contributed by atoms with van der Waals surface area (Å²) in [5.41, 5.74) is 8.41. The van der Waals surface area contributed by atoms with Crippen molar-refractivity contribution in [2.45, 2.75) is 20.3 Å². The van der Waals surface area contributed by atoms with E-state index in [1.54, 1.807) is 59.6 Å². The van der Waals surface area contributed by atoms with Gasteiger partial charge in [0.2, 0.25) is 0 Å². The second kappa shape index (κ2) is 18.1. The van der Waals surface area contributed by atoms with Gasteiger partial charge in [0, 0.05) is 74.5 Å². The van der Waals surface area contributed by atoms with Crippen LogP contribution >= 0.6 is 23.2 Å². The van der Waals surface area contributed by atoms with E-state index < -0.39 is 22.5 Å². The molecule has 11 rings (SSSR count). The summed E-state index contributed by atoms with van der Waals surface area (Å²) in [4.78, 5) is 70.1. The highest BCUT2D eigenvalue weighted by atomic mass is 35.5. The van der Waals surface area contributed by atoms with Crippen molar-refractivity contribution in [1.82, 2.24) is 39.0 Å². The number of aromatic amines is 2. The minimum absolute atomic E-state index is 0.234. The summed E-state index contributed by atoms with van der Waals surface area (Å²) in [6.45, 7) is 7.51. The highest BCUT2D eigenvalue weighted by Gasteiger charge is 2.23. The first kappa shape index (κ1) is 45.5. The Balaban J connectivity index is 0.909. The Kier molecular flexibility index (Phi) is 11.4. The maximum Gasteiger partial charge on any atom is 0.333 e. The molecule has 72 heavy (non-hydrogen) atoms. The Bertz CT molecular complexity index is 4340. The number of fused-ring (bicyclic) bond motifs is 3. The Morgan fingerprint density at radius 3 is 2.10 bits per heavy atom. The molecule has 5 heterocycles. The van der Waals surface area contributed by atoms with Gasteiger partial charge >= 0.3 is 11.4 Å². The average Bonchev–Trinajstić information content (AvgIpc) is 3.97. The monoisotopic (exact) mass is 987 g/mol. The van der Waals surface area contributed by atoms with Crippen molar-refractivity contribution in [2.75, 3.05) is 0 Å². The topological polar surface area (TPSA) is 179 Å². The van der Waals surface area contributed by atoms with Gasteiger partial charge in [0.25, 0.3) is 11.1 Å². The van der Waals surface area contributed by atoms with Crippen molar-refractivity contribution >= 4 is 68.2 Å². The maximum absolute atomic E-state index is 14.3. The maximum atomic E-state index is 14.3. The summed E-state index contributed by atoms with van der Waals surface area (Å²) in [5, 5.41) is 12.1. The van der Waals surface area contributed by atoms with Crippen LogP contribution in [0.3, 0.4) is 0 Å². The minimum atomic E-state index is -0.666. The number of nitrogens with one attached hydrogen (secondary N) is 2. The predicted molar refractivity (Wildman–Crippen MR) is 285 cm³/mol. The first-order chi connectivity index (χ1) is 34.9. The fraction of sp³-hybridized carbons (Fsp3) is 0.0714. The summed E-state index contributed by atoms with van der Waals surface area (Å²) in [7, 11) is 1.86. The van der Waals surface area contributed by atoms with Crippen LogP contribution in [-0.2, 0) is 13.5 Å². The molecule has 0 aliphatic rings. The Hall–Kier alpha value is -8.98. The van der Waals surface area contributed by atoms with E-state index in [4.69, 9.17) is 27.7 Å². The molecule has 0 fully saturated rings. The molecule has 352 valence electrons. The van der Waals surface area contributed by atoms with Crippen LogP contribution in [0.2, 0.25) is 10.0 Å². The molecule has 0 spiro atoms. The first-order valence-corrected chi connectivity index (χ1v) is 23.3. The van der Waals surface area contributed by atoms with Gasteiger partial charge in [-0.15, -0.1) is 0 Å². The van der Waals surface area contributed by atoms with Crippen molar-refractivity contribution in [3.05, 3.63) is 226 Å². The molecule has 5 aromatic heterocycles. The second-order valence-corrected chi connectivity index (χ2v) is 18.2. The largest absolute Gasteiger partial charge is 0.364 e. The van der Waals surface area contributed by atoms with Crippen molar-refractivity contribution in [3.8, 4) is 50.3 Å². The van der Waals surface area contributed by atoms with Gasteiger partial charge in [-0.1, -0.05) is 107 Å². The van der Waals surface area contributed by atoms with E-state index in [1.165, 1.54) is 12.4 Å². The van der Waals surface area contributed by atoms with Gasteiger partial charge < -0.3 is 14.5 Å². The number of H-pyrrole nitrogens is 2. The molecule has 0 radical (unpaired) electrons. The van der Waals surface area contributed by atoms with Crippen molar-refractivity contribution in [3.63, 3.8) is 0 Å². The normalized spacial score (nSPS) is 11.8. The lowest BCUT2D eigenvalue weighted by molar-refractivity contribution is 0.413. The third-order valence-corrected chi connectivity index (χ3v) is 13.5. The zero-order valence-electron chi connectivity index (χ0n) is 38.7. The van der Waals surface area contributed by atoms with Crippen LogP contribution in [0, 0.1) is 13.8 Å². The molecule has 2 N–H and O–H groups in total. The Morgan fingerprint density at radius 2 is 1.40 bits per heavy atom. The van der Waals surface area contributed by atoms with Crippen LogP contribution in [0.15, 0.2) is 175 Å². The van der Waals surface area contributed by atoms with Crippen molar-refractivity contribution < 1.29 is 4.52 Å². The van der Waals surface area contributed by atoms with Gasteiger partial charge in [0.15, 0.2) is 0 Å². The smallest absolute Gasteiger partial charge is 0.333 e. The molecule has 0 aliphatic heterocycles. The third kappa shape index (κ3) is 7.79. The van der Waals surface area contributed by atoms with Crippen LogP contribution < -0.4 is 22.5 Å². The molecular weight excluding hydrogens is 950 g/mol. The molecule has 0 atom stereocenters. The number of hydrogen-bond donors (Lipinski definition) is 2. The number of hydrogen-bond acceptors (Lipinski definition) is 9. The number of aromatic nitrogens is 8. The van der Waals surface area contributed by atoms with Crippen molar-refractivity contribution in [1.29, 1.82) is 0 Å². The zero-order chi connectivity index (χ0) is 49.9. The lowest BCUT2D eigenvalue weighted by Gasteiger charge is -2.15. The molecular formula is C56H39Cl2N9O5. The van der Waals surface area contributed by atoms with E-state index in [0.29, 0.717) is 83.0 Å². The lowest BCUT2D eigenvalue weighted by Crippen LogP contribution is -2.34. The van der Waals surface area contributed by atoms with Crippen LogP contribution in [0.25, 0.3) is 88.6 Å². The van der Waals surface area contributed by atoms with Gasteiger partial charge in [-0.3, -0.25) is 24.2 Å². The van der Waals surface area contributed by atoms with Gasteiger partial charge in [-0.05, 0) is 90.3 Å². The van der Waals surface area contributed by atoms with Gasteiger partial charge in [0.05, 0.1) is 57.0 Å². The molecule has 16 heteroatoms. The van der Waals surface area contributed by atoms with E-state index >= 15 is 0 Å². The molecule has 11 aromatic rings. The number of rotatable bonds is 10. The molecule has 0 saturated carbocycles. The van der Waals surface area contributed by atoms with Gasteiger partial charge in [0.1, 0.15) is 6.26 Å². The molecule has 0 unspecified atom stereocenters. The van der Waals surface area contributed by atoms with Crippen LogP contribution in [0.4, 0.5) is 0 Å². The van der Waals surface area contributed by atoms with E-state index in [1.807, 2.05) is 99.9 Å². The molecule has 0 amide bonds. The zero-order valence-corrected chi connectivity index (χ0v) is 40.2. The molecule has 14 nitrogen and oxygen atoms in total. The SMILES string of the molecule is C=N/C=C(\c1ccc(Cc2nocc2-c2cccc(Cl)c2-c2ccc3c(=O)n(-c4cncc5ccccc45)c(=O)[nH]c3c2)cc1C)n1c(=O)[nH]c2cc(-c3c(Cl)cccc3-c3nn(C)cc3C)ccc2c1=O. The Labute approximate surface area is 418 Å². The number of pyridine rings is 1. The van der Waals surface area contributed by atoms with E-state index in [2.05, 4.69) is 36.9 Å². The number of aliphatic imine (C=N–C) groups is 1. The predicted octanol–water partition coefficient (Wildman–Crippen LogP) is 10.7. The lowest BCUT2D eigenvalue weighted by atomic mass is 9.92. The summed E-state index contributed by atoms with van der Waals surface area (Å²) < 4.78 is 9.51. The van der Waals surface area contributed by atoms with E-state index in [0.717, 1.165) is 48.0 Å². The second-order valence-electron chi connectivity index (χ2n) is 17.4. The van der Waals surface area contributed by atoms with Crippen LogP contribution in [-0.4, -0.2) is 45.7 Å². The molecule has 0 bridgehead atoms. The van der Waals surface area contributed by atoms with Crippen LogP contribution in [0.1, 0.15) is 27.9 Å². The number of halogens is 2. The fourth-order valence-corrected chi connectivity index (χ4v) is 10.2. The highest BCUT2D eigenvalue weighted by molar-refractivity contribution is 6.34. The summed E-state index contributed by atoms with van der Waals surface area (Å²) >= 11 is 13.8. The molecule has 0 saturated heterocycles. The summed E-state index contributed by atoms with van der Waals surface area (Å²) in [5.74, 6) is 0. The Morgan fingerprint density at radius 1 is 0.722 bits per heavy atom. The fourth-order valence-electron chi connectivity index (χ4n) is 9.65. The van der Waals surface area contributed by atoms with Gasteiger partial charge in [-0.2, -0.15) is 5.10 Å². The third-order valence-electron chi connectivity index (χ3n) is 12.9. The van der Waals surface area contributed by atoms with Crippen molar-refractivity contribution in [2.24, 2.45) is 12.0 Å². The highest BCUT2D eigenvalue weighted by Crippen LogP contribution is 2.41. The number of aryl methyl sites for hydroxylation is 3. The van der Waals surface area contributed by atoms with E-state index in [9.17, 15) is 19.2 Å². The molecule has 6 aromatic carbocycles. The standard InChI is InChI=1S/C56H39Cl2N9O5/c1-30-21-32(15-18-36(30)48(26-59-3)66-53(68)39-20-17-34(24-46(39)61-55(66)70)51-41(12-8-14-44(51)58)52-31(2)28-65(4)63-52)22-47-42(29-72-64-47)38-11-7-13-43(57)50(38)33-16-19-40-45(23-33)62-56(71)67(54(40)69)49-27-60-25-35-9-5-6-10-37(35)49/h5-21,23-29H,3,22H2,1-2,4H3,(H,61,70)(H,62,71)/b48-26+. The number of nitrogens with zero attached hydrogens (tertiary/aromatic N) is 7. The first-order valence-electron chi connectivity index (χ1n) is 22.6. The summed E-state index contributed by atoms with van der Waals surface area (Å²) in [6.07, 6.45) is 8.39. The number of benzene rings is 6. The molecule has 0 aliphatic carbocycles. The van der Waals surface area contributed by atoms with E-state index in [-0.39, 0.29) is 11.1 Å². The minimum Gasteiger partial charge on any atom is -0.364 e.